The van der Waals surface area contributed by atoms with E-state index in [2.05, 4.69) is 37.1 Å². The molecule has 0 heterocycles. The van der Waals surface area contributed by atoms with Gasteiger partial charge in [-0.15, -0.1) is 0 Å². The van der Waals surface area contributed by atoms with Crippen molar-refractivity contribution in [2.75, 3.05) is 61.1 Å². The summed E-state index contributed by atoms with van der Waals surface area (Å²) in [4.78, 5) is 19.5. The molecule has 1 aromatic rings. The Hall–Kier alpha value is -1.88. The second-order valence-electron chi connectivity index (χ2n) is 16.0. The summed E-state index contributed by atoms with van der Waals surface area (Å²) in [6, 6.07) is 7.46. The molecule has 10 heteroatoms. The Morgan fingerprint density at radius 1 is 1.04 bits per heavy atom. The van der Waals surface area contributed by atoms with E-state index in [0.717, 1.165) is 83.9 Å². The molecule has 4 aliphatic carbocycles. The van der Waals surface area contributed by atoms with E-state index in [4.69, 9.17) is 15.6 Å². The van der Waals surface area contributed by atoms with Crippen LogP contribution in [0, 0.1) is 17.3 Å². The van der Waals surface area contributed by atoms with Crippen LogP contribution in [0.15, 0.2) is 18.2 Å². The van der Waals surface area contributed by atoms with Crippen LogP contribution in [0.2, 0.25) is 0 Å². The van der Waals surface area contributed by atoms with Crippen molar-refractivity contribution < 1.29 is 33.5 Å². The van der Waals surface area contributed by atoms with Crippen molar-refractivity contribution >= 4 is 5.91 Å². The molecule has 0 spiro atoms. The van der Waals surface area contributed by atoms with Gasteiger partial charge in [-0.25, -0.2) is 0 Å². The van der Waals surface area contributed by atoms with Crippen LogP contribution in [0.4, 0.5) is 13.2 Å². The normalized spacial score (nSPS) is 30.6. The highest BCUT2D eigenvalue weighted by Gasteiger charge is 2.56. The predicted molar refractivity (Wildman–Crippen MR) is 182 cm³/mol. The van der Waals surface area contributed by atoms with E-state index in [1.807, 2.05) is 11.9 Å². The first-order valence-electron chi connectivity index (χ1n) is 18.9. The molecule has 0 saturated heterocycles. The number of methoxy groups -OCH3 is 1. The zero-order valence-corrected chi connectivity index (χ0v) is 30.1. The monoisotopic (exact) mass is 680 g/mol. The number of carbonyl (C=O) groups is 1. The van der Waals surface area contributed by atoms with Gasteiger partial charge in [-0.3, -0.25) is 9.69 Å². The Bertz CT molecular complexity index is 1270. The summed E-state index contributed by atoms with van der Waals surface area (Å²) in [7, 11) is 5.92. The van der Waals surface area contributed by atoms with Gasteiger partial charge in [0.1, 0.15) is 5.75 Å². The average molecular weight is 681 g/mol. The lowest BCUT2D eigenvalue weighted by molar-refractivity contribution is -0.263. The molecular formula is C38H60F3N3O4. The average Bonchev–Trinajstić information content (AvgIpc) is 3.66. The molecule has 48 heavy (non-hydrogen) atoms. The van der Waals surface area contributed by atoms with E-state index >= 15 is 0 Å². The number of fused-ring (bicyclic) bond motifs is 5. The third-order valence-electron chi connectivity index (χ3n) is 12.7. The lowest BCUT2D eigenvalue weighted by Gasteiger charge is -2.52. The van der Waals surface area contributed by atoms with Crippen molar-refractivity contribution in [1.29, 1.82) is 0 Å². The number of nitrogens with zero attached hydrogens (tertiary/aromatic N) is 3. The first-order valence-corrected chi connectivity index (χ1v) is 18.2. The molecule has 1 amide bonds. The third kappa shape index (κ3) is 8.02. The van der Waals surface area contributed by atoms with E-state index in [9.17, 15) is 18.0 Å². The molecular weight excluding hydrogens is 619 g/mol. The van der Waals surface area contributed by atoms with Crippen molar-refractivity contribution in [2.45, 2.75) is 121 Å². The van der Waals surface area contributed by atoms with Gasteiger partial charge in [-0.05, 0) is 139 Å². The SMILES string of the molecule is [2H]CO[C@@H]1CCC(N(C)CCCOc2ccc3c(c2)CCC2C3CC[C@@]3(C)C2CC[C@@H]3N(C)C(=O)CN(C)CCOC(C)(C)C(F)(F)F)C1. The van der Waals surface area contributed by atoms with E-state index in [1.165, 1.54) is 17.5 Å². The van der Waals surface area contributed by atoms with E-state index < -0.39 is 11.8 Å². The van der Waals surface area contributed by atoms with Crippen molar-refractivity contribution in [1.82, 2.24) is 14.7 Å². The van der Waals surface area contributed by atoms with Gasteiger partial charge >= 0.3 is 6.18 Å². The highest BCUT2D eigenvalue weighted by Crippen LogP contribution is 2.61. The van der Waals surface area contributed by atoms with Crippen LogP contribution in [0.25, 0.3) is 0 Å². The number of carbonyl (C=O) groups excluding carboxylic acids is 1. The van der Waals surface area contributed by atoms with E-state index in [1.54, 1.807) is 11.9 Å². The number of rotatable bonds is 14. The topological polar surface area (TPSA) is 54.5 Å². The molecule has 3 fully saturated rings. The molecule has 1 aromatic carbocycles. The van der Waals surface area contributed by atoms with Gasteiger partial charge in [0.25, 0.3) is 0 Å². The van der Waals surface area contributed by atoms with Crippen LogP contribution in [0.3, 0.4) is 0 Å². The van der Waals surface area contributed by atoms with Gasteiger partial charge in [0.05, 0.1) is 27.2 Å². The molecule has 0 radical (unpaired) electrons. The Balaban J connectivity index is 1.09. The highest BCUT2D eigenvalue weighted by atomic mass is 19.4. The Kier molecular flexibility index (Phi) is 11.3. The lowest BCUT2D eigenvalue weighted by Crippen LogP contribution is -2.52. The number of ether oxygens (including phenoxy) is 3. The fraction of sp³-hybridized carbons (Fsp3) is 0.816. The molecule has 272 valence electrons. The highest BCUT2D eigenvalue weighted by molar-refractivity contribution is 5.78. The summed E-state index contributed by atoms with van der Waals surface area (Å²) in [5.41, 5.74) is 0.763. The largest absolute Gasteiger partial charge is 0.494 e. The fourth-order valence-corrected chi connectivity index (χ4v) is 9.55. The fourth-order valence-electron chi connectivity index (χ4n) is 9.55. The van der Waals surface area contributed by atoms with Gasteiger partial charge in [0, 0.05) is 39.3 Å². The number of hydrogen-bond donors (Lipinski definition) is 0. The smallest absolute Gasteiger partial charge is 0.416 e. The summed E-state index contributed by atoms with van der Waals surface area (Å²) < 4.78 is 63.6. The van der Waals surface area contributed by atoms with E-state index in [0.29, 0.717) is 30.4 Å². The minimum absolute atomic E-state index is 0.0156. The summed E-state index contributed by atoms with van der Waals surface area (Å²) in [5, 5.41) is 0. The summed E-state index contributed by atoms with van der Waals surface area (Å²) in [6.45, 7) is 6.46. The first kappa shape index (κ1) is 35.9. The molecule has 7 nitrogen and oxygen atoms in total. The number of aryl methyl sites for hydroxylation is 1. The van der Waals surface area contributed by atoms with Crippen molar-refractivity contribution in [3.8, 4) is 5.75 Å². The first-order chi connectivity index (χ1) is 23.1. The van der Waals surface area contributed by atoms with Crippen LogP contribution in [-0.4, -0.2) is 112 Å². The van der Waals surface area contributed by atoms with Gasteiger partial charge in [-0.2, -0.15) is 13.2 Å². The number of hydrogen-bond acceptors (Lipinski definition) is 6. The predicted octanol–water partition coefficient (Wildman–Crippen LogP) is 6.93. The zero-order chi connectivity index (χ0) is 35.6. The number of benzene rings is 1. The van der Waals surface area contributed by atoms with Crippen molar-refractivity contribution in [3.05, 3.63) is 29.3 Å². The van der Waals surface area contributed by atoms with E-state index in [-0.39, 0.29) is 50.3 Å². The molecule has 0 bridgehead atoms. The zero-order valence-electron chi connectivity index (χ0n) is 31.1. The lowest BCUT2D eigenvalue weighted by atomic mass is 9.55. The molecule has 0 N–H and O–H groups in total. The van der Waals surface area contributed by atoms with Crippen LogP contribution < -0.4 is 4.74 Å². The number of amides is 1. The van der Waals surface area contributed by atoms with Gasteiger partial charge in [0.15, 0.2) is 5.60 Å². The maximum absolute atomic E-state index is 13.4. The minimum Gasteiger partial charge on any atom is -0.494 e. The molecule has 0 aliphatic heterocycles. The minimum atomic E-state index is -4.44. The molecule has 3 saturated carbocycles. The van der Waals surface area contributed by atoms with Crippen LogP contribution in [-0.2, 0) is 20.7 Å². The number of likely N-dealkylation sites (N-methyl/N-ethyl adjacent to an activating group) is 2. The summed E-state index contributed by atoms with van der Waals surface area (Å²) in [6.07, 6.45) is 6.52. The third-order valence-corrected chi connectivity index (χ3v) is 12.7. The van der Waals surface area contributed by atoms with Gasteiger partial charge < -0.3 is 24.0 Å². The molecule has 4 aliphatic rings. The Labute approximate surface area is 288 Å². The molecule has 4 unspecified atom stereocenters. The van der Waals surface area contributed by atoms with Crippen molar-refractivity contribution in [3.63, 3.8) is 0 Å². The molecule has 7 atom stereocenters. The number of alkyl halides is 3. The maximum Gasteiger partial charge on any atom is 0.416 e. The van der Waals surface area contributed by atoms with Gasteiger partial charge in [-0.1, -0.05) is 13.0 Å². The molecule has 0 aromatic heterocycles. The maximum atomic E-state index is 13.4. The van der Waals surface area contributed by atoms with Gasteiger partial charge in [0.2, 0.25) is 5.91 Å². The standard InChI is InChI=1S/C38H60F3N3O4/c1-36(2,38(39,40)41)48-22-20-42(4)25-35(45)44(6)34-16-15-33-32-13-9-26-23-29(12-14-30(26)31(32)17-18-37(33,34)3)47-21-8-19-43(5)27-10-11-28(24-27)46-7/h12,14,23,27-28,31-34H,8-11,13,15-22,24-25H2,1-7H3/t27?,28-,31?,32?,33?,34+,37+/m1/s1/i7D. The second kappa shape index (κ2) is 15.2. The molecule has 5 rings (SSSR count). The van der Waals surface area contributed by atoms with Crippen molar-refractivity contribution in [2.24, 2.45) is 17.3 Å². The van der Waals surface area contributed by atoms with Crippen LogP contribution >= 0.6 is 0 Å². The second-order valence-corrected chi connectivity index (χ2v) is 16.0. The quantitative estimate of drug-likeness (QED) is 0.199. The summed E-state index contributed by atoms with van der Waals surface area (Å²) in [5.74, 6) is 2.71. The Morgan fingerprint density at radius 2 is 1.83 bits per heavy atom. The number of halogens is 3. The summed E-state index contributed by atoms with van der Waals surface area (Å²) >= 11 is 0. The van der Waals surface area contributed by atoms with Crippen LogP contribution in [0.5, 0.6) is 5.75 Å². The Morgan fingerprint density at radius 3 is 2.58 bits per heavy atom. The van der Waals surface area contributed by atoms with Crippen LogP contribution in [0.1, 0.15) is 97.0 Å².